The number of nitrogens with one attached hydrogen (secondary N) is 2. The van der Waals surface area contributed by atoms with Crippen LogP contribution in [0.25, 0.3) is 21.1 Å². The fourth-order valence-electron chi connectivity index (χ4n) is 4.04. The van der Waals surface area contributed by atoms with Gasteiger partial charge in [0.1, 0.15) is 16.3 Å². The highest BCUT2D eigenvalue weighted by atomic mass is 32.1. The average molecular weight is 490 g/mol. The predicted octanol–water partition coefficient (Wildman–Crippen LogP) is 5.04. The maximum Gasteiger partial charge on any atom is 0.248 e. The van der Waals surface area contributed by atoms with Gasteiger partial charge in [-0.25, -0.2) is 9.37 Å². The molecule has 3 aromatic heterocycles. The Labute approximate surface area is 203 Å². The van der Waals surface area contributed by atoms with Gasteiger partial charge in [0.05, 0.1) is 29.9 Å². The Bertz CT molecular complexity index is 1600. The molecule has 0 unspecified atom stereocenters. The first kappa shape index (κ1) is 21.5. The van der Waals surface area contributed by atoms with E-state index in [1.54, 1.807) is 24.3 Å². The molecule has 4 heterocycles. The van der Waals surface area contributed by atoms with Crippen LogP contribution >= 0.6 is 11.3 Å². The van der Waals surface area contributed by atoms with Crippen LogP contribution in [0.4, 0.5) is 21.7 Å². The zero-order valence-electron chi connectivity index (χ0n) is 18.5. The van der Waals surface area contributed by atoms with E-state index in [2.05, 4.69) is 20.3 Å². The number of fused-ring (bicyclic) bond motifs is 2. The minimum Gasteiger partial charge on any atom is -0.437 e. The normalized spacial score (nSPS) is 13.9. The van der Waals surface area contributed by atoms with E-state index >= 15 is 0 Å². The van der Waals surface area contributed by atoms with Crippen molar-refractivity contribution in [1.29, 1.82) is 0 Å². The number of nitrogens with zero attached hydrogens (tertiary/aromatic N) is 3. The third-order valence-corrected chi connectivity index (χ3v) is 6.63. The van der Waals surface area contributed by atoms with Crippen LogP contribution < -0.4 is 20.5 Å². The highest BCUT2D eigenvalue weighted by molar-refractivity contribution is 7.17. The summed E-state index contributed by atoms with van der Waals surface area (Å²) in [6, 6.07) is 15.5. The summed E-state index contributed by atoms with van der Waals surface area (Å²) in [6.07, 6.45) is 0. The Kier molecular flexibility index (Phi) is 5.51. The lowest BCUT2D eigenvalue weighted by Gasteiger charge is -2.29. The van der Waals surface area contributed by atoms with Crippen LogP contribution in [0.1, 0.15) is 0 Å². The van der Waals surface area contributed by atoms with Gasteiger partial charge in [-0.3, -0.25) is 4.79 Å². The number of pyridine rings is 1. The summed E-state index contributed by atoms with van der Waals surface area (Å²) < 4.78 is 27.1. The Morgan fingerprint density at radius 3 is 2.77 bits per heavy atom. The Morgan fingerprint density at radius 1 is 1.06 bits per heavy atom. The van der Waals surface area contributed by atoms with Crippen molar-refractivity contribution in [1.82, 2.24) is 15.0 Å². The topological polar surface area (TPSA) is 92.4 Å². The van der Waals surface area contributed by atoms with E-state index in [0.717, 1.165) is 10.1 Å². The van der Waals surface area contributed by atoms with Crippen molar-refractivity contribution in [3.05, 3.63) is 76.1 Å². The van der Waals surface area contributed by atoms with Gasteiger partial charge in [-0.1, -0.05) is 0 Å². The minimum absolute atomic E-state index is 0.185. The summed E-state index contributed by atoms with van der Waals surface area (Å²) in [7, 11) is 0. The average Bonchev–Trinajstić information content (AvgIpc) is 3.33. The van der Waals surface area contributed by atoms with Crippen LogP contribution in [0.15, 0.2) is 64.8 Å². The van der Waals surface area contributed by atoms with Gasteiger partial charge in [-0.05, 0) is 53.2 Å². The van der Waals surface area contributed by atoms with Crippen molar-refractivity contribution in [2.24, 2.45) is 0 Å². The summed E-state index contributed by atoms with van der Waals surface area (Å²) in [5.74, 6) is 0.865. The van der Waals surface area contributed by atoms with E-state index in [9.17, 15) is 9.18 Å². The first-order valence-corrected chi connectivity index (χ1v) is 12.0. The monoisotopic (exact) mass is 489 g/mol. The van der Waals surface area contributed by atoms with E-state index in [-0.39, 0.29) is 11.4 Å². The van der Waals surface area contributed by atoms with Crippen LogP contribution in [-0.4, -0.2) is 41.3 Å². The summed E-state index contributed by atoms with van der Waals surface area (Å²) in [6.45, 7) is 2.49. The van der Waals surface area contributed by atoms with Crippen molar-refractivity contribution < 1.29 is 13.9 Å². The van der Waals surface area contributed by atoms with Crippen LogP contribution in [0.5, 0.6) is 11.6 Å². The Morgan fingerprint density at radius 2 is 1.91 bits per heavy atom. The lowest BCUT2D eigenvalue weighted by Crippen LogP contribution is -2.36. The summed E-state index contributed by atoms with van der Waals surface area (Å²) in [5.41, 5.74) is 2.27. The molecule has 1 fully saturated rings. The first-order chi connectivity index (χ1) is 17.1. The van der Waals surface area contributed by atoms with Crippen LogP contribution in [0, 0.1) is 5.82 Å². The Hall–Kier alpha value is -4.02. The molecular weight excluding hydrogens is 469 g/mol. The number of hydrogen-bond acceptors (Lipinski definition) is 8. The smallest absolute Gasteiger partial charge is 0.248 e. The summed E-state index contributed by atoms with van der Waals surface area (Å²) in [5, 5.41) is 5.89. The molecule has 6 rings (SSSR count). The third-order valence-electron chi connectivity index (χ3n) is 5.74. The lowest BCUT2D eigenvalue weighted by atomic mass is 10.2. The van der Waals surface area contributed by atoms with Crippen molar-refractivity contribution in [2.45, 2.75) is 0 Å². The maximum atomic E-state index is 14.9. The number of anilines is 3. The number of hydrogen-bond donors (Lipinski definition) is 2. The standard InChI is InChI=1S/C25H20FN5O3S/c26-18-13-16(3-5-21(18)31-8-10-33-11-9-31)27-25-29-19-7-12-35-23(19)24(30-25)34-17-4-1-15-2-6-22(32)28-20(15)14-17/h1-7,12-14H,8-11H2,(H,28,32)(H,27,29,30). The number of ether oxygens (including phenoxy) is 2. The van der Waals surface area contributed by atoms with Gasteiger partial charge in [-0.15, -0.1) is 11.3 Å². The fourth-order valence-corrected chi connectivity index (χ4v) is 4.80. The molecule has 0 aliphatic carbocycles. The number of H-pyrrole nitrogens is 1. The molecule has 0 amide bonds. The molecular formula is C25H20FN5O3S. The number of rotatable bonds is 5. The van der Waals surface area contributed by atoms with Gasteiger partial charge in [0.15, 0.2) is 0 Å². The number of aromatic nitrogens is 3. The van der Waals surface area contributed by atoms with E-state index in [1.807, 2.05) is 28.5 Å². The molecule has 35 heavy (non-hydrogen) atoms. The molecule has 176 valence electrons. The molecule has 0 atom stereocenters. The number of benzene rings is 2. The quantitative estimate of drug-likeness (QED) is 0.357. The minimum atomic E-state index is -0.324. The molecule has 2 aromatic carbocycles. The second-order valence-corrected chi connectivity index (χ2v) is 8.97. The molecule has 8 nitrogen and oxygen atoms in total. The third kappa shape index (κ3) is 4.41. The van der Waals surface area contributed by atoms with Gasteiger partial charge in [0.2, 0.25) is 17.4 Å². The fraction of sp³-hybridized carbons (Fsp3) is 0.160. The molecule has 0 saturated carbocycles. The van der Waals surface area contributed by atoms with Crippen LogP contribution in [0.3, 0.4) is 0 Å². The van der Waals surface area contributed by atoms with Gasteiger partial charge in [-0.2, -0.15) is 4.98 Å². The first-order valence-electron chi connectivity index (χ1n) is 11.1. The predicted molar refractivity (Wildman–Crippen MR) is 135 cm³/mol. The molecule has 10 heteroatoms. The van der Waals surface area contributed by atoms with Crippen molar-refractivity contribution >= 4 is 49.8 Å². The number of halogens is 1. The van der Waals surface area contributed by atoms with E-state index < -0.39 is 0 Å². The SMILES string of the molecule is O=c1ccc2ccc(Oc3nc(Nc4ccc(N5CCOCC5)c(F)c4)nc4ccsc34)cc2[nH]1. The highest BCUT2D eigenvalue weighted by Gasteiger charge is 2.17. The van der Waals surface area contributed by atoms with Gasteiger partial charge >= 0.3 is 0 Å². The summed E-state index contributed by atoms with van der Waals surface area (Å²) in [4.78, 5) is 25.6. The zero-order valence-corrected chi connectivity index (χ0v) is 19.3. The lowest BCUT2D eigenvalue weighted by molar-refractivity contribution is 0.122. The molecule has 0 radical (unpaired) electrons. The number of morpholine rings is 1. The molecule has 1 saturated heterocycles. The van der Waals surface area contributed by atoms with Gasteiger partial charge < -0.3 is 24.7 Å². The highest BCUT2D eigenvalue weighted by Crippen LogP contribution is 2.34. The number of aromatic amines is 1. The summed E-state index contributed by atoms with van der Waals surface area (Å²) >= 11 is 1.46. The van der Waals surface area contributed by atoms with Crippen molar-refractivity contribution in [3.63, 3.8) is 0 Å². The molecule has 1 aliphatic rings. The van der Waals surface area contributed by atoms with Crippen LogP contribution in [-0.2, 0) is 4.74 Å². The van der Waals surface area contributed by atoms with Gasteiger partial charge in [0.25, 0.3) is 0 Å². The van der Waals surface area contributed by atoms with Crippen molar-refractivity contribution in [3.8, 4) is 11.6 Å². The molecule has 0 spiro atoms. The molecule has 1 aliphatic heterocycles. The molecule has 0 bridgehead atoms. The second kappa shape index (κ2) is 8.97. The van der Waals surface area contributed by atoms with Gasteiger partial charge in [0, 0.05) is 30.9 Å². The van der Waals surface area contributed by atoms with Crippen molar-refractivity contribution in [2.75, 3.05) is 36.5 Å². The second-order valence-electron chi connectivity index (χ2n) is 8.05. The van der Waals surface area contributed by atoms with Crippen LogP contribution in [0.2, 0.25) is 0 Å². The van der Waals surface area contributed by atoms with E-state index in [4.69, 9.17) is 9.47 Å². The Balaban J connectivity index is 1.29. The van der Waals surface area contributed by atoms with E-state index in [0.29, 0.717) is 66.3 Å². The maximum absolute atomic E-state index is 14.9. The molecule has 5 aromatic rings. The van der Waals surface area contributed by atoms with E-state index in [1.165, 1.54) is 23.5 Å². The zero-order chi connectivity index (χ0) is 23.8. The largest absolute Gasteiger partial charge is 0.437 e. The molecule has 2 N–H and O–H groups in total. The number of thiophene rings is 1.